The van der Waals surface area contributed by atoms with Gasteiger partial charge in [-0.2, -0.15) is 0 Å². The summed E-state index contributed by atoms with van der Waals surface area (Å²) >= 11 is 0. The lowest BCUT2D eigenvalue weighted by Crippen LogP contribution is -2.46. The summed E-state index contributed by atoms with van der Waals surface area (Å²) in [6.07, 6.45) is 12.3. The van der Waals surface area contributed by atoms with Gasteiger partial charge in [-0.3, -0.25) is 9.69 Å². The summed E-state index contributed by atoms with van der Waals surface area (Å²) in [5.41, 5.74) is 0. The molecular weight excluding hydrogens is 252 g/mol. The second-order valence-electron chi connectivity index (χ2n) is 6.39. The van der Waals surface area contributed by atoms with E-state index in [0.29, 0.717) is 25.2 Å². The van der Waals surface area contributed by atoms with Gasteiger partial charge in [0, 0.05) is 18.6 Å². The SMILES string of the molecule is O=C(CN(CCO)C1CCCC1)NC1CCCCCC1. The minimum absolute atomic E-state index is 0.146. The second-order valence-corrected chi connectivity index (χ2v) is 6.39. The average molecular weight is 282 g/mol. The van der Waals surface area contributed by atoms with Crippen molar-refractivity contribution in [3.8, 4) is 0 Å². The van der Waals surface area contributed by atoms with Crippen LogP contribution in [-0.2, 0) is 4.79 Å². The molecule has 0 aromatic heterocycles. The van der Waals surface area contributed by atoms with E-state index in [1.807, 2.05) is 0 Å². The number of nitrogens with one attached hydrogen (secondary N) is 1. The molecule has 0 radical (unpaired) electrons. The zero-order chi connectivity index (χ0) is 14.2. The van der Waals surface area contributed by atoms with Crippen molar-refractivity contribution in [3.63, 3.8) is 0 Å². The molecule has 0 aliphatic heterocycles. The Morgan fingerprint density at radius 1 is 1.00 bits per heavy atom. The average Bonchev–Trinajstić information content (AvgIpc) is 2.85. The molecule has 2 N–H and O–H groups in total. The first-order valence-electron chi connectivity index (χ1n) is 8.44. The van der Waals surface area contributed by atoms with Gasteiger partial charge in [0.05, 0.1) is 13.2 Å². The largest absolute Gasteiger partial charge is 0.395 e. The molecule has 4 nitrogen and oxygen atoms in total. The quantitative estimate of drug-likeness (QED) is 0.733. The van der Waals surface area contributed by atoms with Crippen molar-refractivity contribution in [2.24, 2.45) is 0 Å². The molecule has 116 valence electrons. The van der Waals surface area contributed by atoms with E-state index in [1.54, 1.807) is 0 Å². The van der Waals surface area contributed by atoms with E-state index < -0.39 is 0 Å². The van der Waals surface area contributed by atoms with Gasteiger partial charge >= 0.3 is 0 Å². The van der Waals surface area contributed by atoms with Gasteiger partial charge in [0.2, 0.25) is 5.91 Å². The molecule has 0 saturated heterocycles. The standard InChI is InChI=1S/C16H30N2O2/c19-12-11-18(15-9-5-6-10-15)13-16(20)17-14-7-3-1-2-4-8-14/h14-15,19H,1-13H2,(H,17,20). The highest BCUT2D eigenvalue weighted by Crippen LogP contribution is 2.23. The van der Waals surface area contributed by atoms with Crippen molar-refractivity contribution < 1.29 is 9.90 Å². The molecule has 0 bridgehead atoms. The fourth-order valence-corrected chi connectivity index (χ4v) is 3.67. The summed E-state index contributed by atoms with van der Waals surface area (Å²) in [5, 5.41) is 12.4. The molecule has 0 unspecified atom stereocenters. The number of aliphatic hydroxyl groups excluding tert-OH is 1. The highest BCUT2D eigenvalue weighted by molar-refractivity contribution is 5.78. The van der Waals surface area contributed by atoms with Crippen LogP contribution in [0.15, 0.2) is 0 Å². The Morgan fingerprint density at radius 2 is 1.60 bits per heavy atom. The number of amides is 1. The Bertz CT molecular complexity index is 282. The lowest BCUT2D eigenvalue weighted by Gasteiger charge is -2.28. The zero-order valence-electron chi connectivity index (χ0n) is 12.6. The minimum Gasteiger partial charge on any atom is -0.395 e. The molecule has 2 aliphatic carbocycles. The van der Waals surface area contributed by atoms with Crippen LogP contribution in [0.1, 0.15) is 64.2 Å². The van der Waals surface area contributed by atoms with Crippen LogP contribution in [0.3, 0.4) is 0 Å². The van der Waals surface area contributed by atoms with Crippen LogP contribution in [-0.4, -0.2) is 47.7 Å². The third kappa shape index (κ3) is 5.06. The Hall–Kier alpha value is -0.610. The van der Waals surface area contributed by atoms with Crippen LogP contribution in [0.5, 0.6) is 0 Å². The summed E-state index contributed by atoms with van der Waals surface area (Å²) in [7, 11) is 0. The first-order chi connectivity index (χ1) is 9.79. The van der Waals surface area contributed by atoms with Crippen LogP contribution in [0, 0.1) is 0 Å². The molecule has 2 rings (SSSR count). The zero-order valence-corrected chi connectivity index (χ0v) is 12.6. The van der Waals surface area contributed by atoms with E-state index >= 15 is 0 Å². The molecule has 2 fully saturated rings. The van der Waals surface area contributed by atoms with Gasteiger partial charge < -0.3 is 10.4 Å². The van der Waals surface area contributed by atoms with Crippen LogP contribution in [0.4, 0.5) is 0 Å². The maximum atomic E-state index is 12.2. The highest BCUT2D eigenvalue weighted by atomic mass is 16.3. The molecule has 2 aliphatic rings. The Labute approximate surface area is 122 Å². The molecule has 1 amide bonds. The van der Waals surface area contributed by atoms with Crippen molar-refractivity contribution in [1.29, 1.82) is 0 Å². The predicted octanol–water partition coefficient (Wildman–Crippen LogP) is 2.06. The first-order valence-corrected chi connectivity index (χ1v) is 8.44. The Balaban J connectivity index is 1.77. The fourth-order valence-electron chi connectivity index (χ4n) is 3.67. The number of nitrogens with zero attached hydrogens (tertiary/aromatic N) is 1. The summed E-state index contributed by atoms with van der Waals surface area (Å²) in [5.74, 6) is 0.150. The van der Waals surface area contributed by atoms with Gasteiger partial charge in [-0.15, -0.1) is 0 Å². The number of hydrogen-bond donors (Lipinski definition) is 2. The second kappa shape index (κ2) is 8.63. The van der Waals surface area contributed by atoms with Crippen LogP contribution < -0.4 is 5.32 Å². The van der Waals surface area contributed by atoms with Gasteiger partial charge in [-0.25, -0.2) is 0 Å². The van der Waals surface area contributed by atoms with Gasteiger partial charge in [0.15, 0.2) is 0 Å². The van der Waals surface area contributed by atoms with Gasteiger partial charge in [0.1, 0.15) is 0 Å². The molecule has 2 saturated carbocycles. The van der Waals surface area contributed by atoms with Gasteiger partial charge in [-0.05, 0) is 25.7 Å². The normalized spacial score (nSPS) is 22.1. The monoisotopic (exact) mass is 282 g/mol. The number of rotatable bonds is 6. The van der Waals surface area contributed by atoms with Crippen LogP contribution in [0.25, 0.3) is 0 Å². The summed E-state index contributed by atoms with van der Waals surface area (Å²) in [6.45, 7) is 1.23. The van der Waals surface area contributed by atoms with Crippen molar-refractivity contribution in [3.05, 3.63) is 0 Å². The number of carbonyl (C=O) groups excluding carboxylic acids is 1. The predicted molar refractivity (Wildman–Crippen MR) is 80.5 cm³/mol. The fraction of sp³-hybridized carbons (Fsp3) is 0.938. The lowest BCUT2D eigenvalue weighted by molar-refractivity contribution is -0.123. The molecule has 0 atom stereocenters. The number of hydrogen-bond acceptors (Lipinski definition) is 3. The van der Waals surface area contributed by atoms with Gasteiger partial charge in [0.25, 0.3) is 0 Å². The minimum atomic E-state index is 0.146. The van der Waals surface area contributed by atoms with Crippen LogP contribution >= 0.6 is 0 Å². The summed E-state index contributed by atoms with van der Waals surface area (Å²) < 4.78 is 0. The van der Waals surface area contributed by atoms with Crippen LogP contribution in [0.2, 0.25) is 0 Å². The van der Waals surface area contributed by atoms with E-state index in [4.69, 9.17) is 0 Å². The molecule has 20 heavy (non-hydrogen) atoms. The van der Waals surface area contributed by atoms with E-state index in [2.05, 4.69) is 10.2 Å². The van der Waals surface area contributed by atoms with E-state index in [1.165, 1.54) is 51.4 Å². The van der Waals surface area contributed by atoms with E-state index in [9.17, 15) is 9.90 Å². The van der Waals surface area contributed by atoms with Gasteiger partial charge in [-0.1, -0.05) is 38.5 Å². The van der Waals surface area contributed by atoms with Crippen molar-refractivity contribution in [2.45, 2.75) is 76.3 Å². The topological polar surface area (TPSA) is 52.6 Å². The third-order valence-corrected chi connectivity index (χ3v) is 4.80. The molecule has 4 heteroatoms. The smallest absolute Gasteiger partial charge is 0.234 e. The summed E-state index contributed by atoms with van der Waals surface area (Å²) in [4.78, 5) is 14.4. The molecule has 0 spiro atoms. The lowest BCUT2D eigenvalue weighted by atomic mass is 10.1. The summed E-state index contributed by atoms with van der Waals surface area (Å²) in [6, 6.07) is 0.881. The Morgan fingerprint density at radius 3 is 2.20 bits per heavy atom. The maximum Gasteiger partial charge on any atom is 0.234 e. The molecular formula is C16H30N2O2. The van der Waals surface area contributed by atoms with Crippen molar-refractivity contribution in [1.82, 2.24) is 10.2 Å². The first kappa shape index (κ1) is 15.8. The van der Waals surface area contributed by atoms with Crippen molar-refractivity contribution in [2.75, 3.05) is 19.7 Å². The number of carbonyl (C=O) groups is 1. The van der Waals surface area contributed by atoms with Crippen molar-refractivity contribution >= 4 is 5.91 Å². The molecule has 0 aromatic carbocycles. The maximum absolute atomic E-state index is 12.2. The van der Waals surface area contributed by atoms with E-state index in [-0.39, 0.29) is 12.5 Å². The Kier molecular flexibility index (Phi) is 6.80. The third-order valence-electron chi connectivity index (χ3n) is 4.80. The van der Waals surface area contributed by atoms with E-state index in [0.717, 1.165) is 12.8 Å². The molecule has 0 aromatic rings. The number of aliphatic hydroxyl groups is 1. The molecule has 0 heterocycles. The highest BCUT2D eigenvalue weighted by Gasteiger charge is 2.24.